The largest absolute Gasteiger partial charge is 0.456 e. The van der Waals surface area contributed by atoms with E-state index in [1.165, 1.54) is 5.39 Å². The average Bonchev–Trinajstić information content (AvgIpc) is 3.86. The van der Waals surface area contributed by atoms with E-state index >= 15 is 0 Å². The molecule has 11 aromatic rings. The van der Waals surface area contributed by atoms with Crippen molar-refractivity contribution in [3.63, 3.8) is 0 Å². The van der Waals surface area contributed by atoms with Crippen molar-refractivity contribution in [2.24, 2.45) is 0 Å². The first-order valence-corrected chi connectivity index (χ1v) is 16.9. The summed E-state index contributed by atoms with van der Waals surface area (Å²) in [7, 11) is 0. The molecule has 0 N–H and O–H groups in total. The molecule has 0 saturated heterocycles. The third kappa shape index (κ3) is 4.33. The van der Waals surface area contributed by atoms with Crippen LogP contribution in [0.3, 0.4) is 0 Å². The minimum Gasteiger partial charge on any atom is -0.456 e. The maximum Gasteiger partial charge on any atom is 0.164 e. The Morgan fingerprint density at radius 2 is 0.902 bits per heavy atom. The minimum atomic E-state index is 0.574. The van der Waals surface area contributed by atoms with E-state index in [0.717, 1.165) is 82.7 Å². The van der Waals surface area contributed by atoms with E-state index in [4.69, 9.17) is 23.8 Å². The van der Waals surface area contributed by atoms with Gasteiger partial charge in [-0.05, 0) is 66.7 Å². The monoisotopic (exact) mass is 654 g/mol. The number of nitrogens with zero attached hydrogens (tertiary/aromatic N) is 4. The molecule has 0 radical (unpaired) electrons. The van der Waals surface area contributed by atoms with Crippen molar-refractivity contribution < 1.29 is 8.83 Å². The molecule has 0 aliphatic carbocycles. The highest BCUT2D eigenvalue weighted by molar-refractivity contribution is 6.17. The maximum atomic E-state index is 6.61. The number of hydrogen-bond acceptors (Lipinski definition) is 5. The number of benzene rings is 7. The highest BCUT2D eigenvalue weighted by atomic mass is 16.3. The van der Waals surface area contributed by atoms with Crippen LogP contribution >= 0.6 is 0 Å². The van der Waals surface area contributed by atoms with Crippen molar-refractivity contribution in [1.29, 1.82) is 0 Å². The van der Waals surface area contributed by atoms with Crippen LogP contribution in [0.25, 0.3) is 106 Å². The van der Waals surface area contributed by atoms with Gasteiger partial charge in [0, 0.05) is 54.7 Å². The number of hydrogen-bond donors (Lipinski definition) is 0. The minimum absolute atomic E-state index is 0.574. The summed E-state index contributed by atoms with van der Waals surface area (Å²) < 4.78 is 15.0. The van der Waals surface area contributed by atoms with E-state index in [1.54, 1.807) is 0 Å². The fourth-order valence-electron chi connectivity index (χ4n) is 7.45. The number of fused-ring (bicyclic) bond motifs is 9. The second-order valence-corrected chi connectivity index (χ2v) is 12.8. The van der Waals surface area contributed by atoms with Crippen LogP contribution in [0, 0.1) is 0 Å². The van der Waals surface area contributed by atoms with E-state index in [2.05, 4.69) is 95.6 Å². The molecule has 238 valence electrons. The zero-order chi connectivity index (χ0) is 33.5. The van der Waals surface area contributed by atoms with Gasteiger partial charge in [0.2, 0.25) is 0 Å². The van der Waals surface area contributed by atoms with Crippen molar-refractivity contribution in [2.75, 3.05) is 0 Å². The van der Waals surface area contributed by atoms with E-state index in [0.29, 0.717) is 17.5 Å². The first-order valence-electron chi connectivity index (χ1n) is 16.9. The van der Waals surface area contributed by atoms with Gasteiger partial charge in [0.05, 0.1) is 11.0 Å². The molecule has 0 unspecified atom stereocenters. The second-order valence-electron chi connectivity index (χ2n) is 12.8. The lowest BCUT2D eigenvalue weighted by Crippen LogP contribution is -2.00. The lowest BCUT2D eigenvalue weighted by Gasteiger charge is -2.08. The Balaban J connectivity index is 1.09. The fourth-order valence-corrected chi connectivity index (χ4v) is 7.45. The molecule has 51 heavy (non-hydrogen) atoms. The smallest absolute Gasteiger partial charge is 0.164 e. The summed E-state index contributed by atoms with van der Waals surface area (Å²) in [5.41, 5.74) is 9.38. The summed E-state index contributed by atoms with van der Waals surface area (Å²) in [5, 5.41) is 6.52. The second kappa shape index (κ2) is 10.7. The Morgan fingerprint density at radius 1 is 0.333 bits per heavy atom. The predicted octanol–water partition coefficient (Wildman–Crippen LogP) is 11.8. The molecule has 4 aromatic heterocycles. The maximum absolute atomic E-state index is 6.61. The highest BCUT2D eigenvalue weighted by Crippen LogP contribution is 2.39. The number of para-hydroxylation sites is 3. The van der Waals surface area contributed by atoms with E-state index in [-0.39, 0.29) is 0 Å². The van der Waals surface area contributed by atoms with Crippen LogP contribution in [0.1, 0.15) is 0 Å². The van der Waals surface area contributed by atoms with Crippen LogP contribution in [0.4, 0.5) is 0 Å². The first kappa shape index (κ1) is 27.9. The Hall–Kier alpha value is -7.05. The molecule has 0 spiro atoms. The van der Waals surface area contributed by atoms with Crippen LogP contribution < -0.4 is 0 Å². The van der Waals surface area contributed by atoms with Crippen molar-refractivity contribution in [3.05, 3.63) is 158 Å². The van der Waals surface area contributed by atoms with Crippen LogP contribution in [0.2, 0.25) is 0 Å². The van der Waals surface area contributed by atoms with Gasteiger partial charge >= 0.3 is 0 Å². The van der Waals surface area contributed by atoms with Gasteiger partial charge < -0.3 is 13.4 Å². The summed E-state index contributed by atoms with van der Waals surface area (Å²) in [6, 6.07) is 53.9. The number of aromatic nitrogens is 4. The third-order valence-electron chi connectivity index (χ3n) is 9.84. The van der Waals surface area contributed by atoms with E-state index in [1.807, 2.05) is 66.7 Å². The van der Waals surface area contributed by atoms with Gasteiger partial charge in [0.25, 0.3) is 0 Å². The molecule has 4 heterocycles. The molecule has 0 saturated carbocycles. The molecule has 7 aromatic carbocycles. The topological polar surface area (TPSA) is 69.9 Å². The molecule has 0 fully saturated rings. The summed E-state index contributed by atoms with van der Waals surface area (Å²) >= 11 is 0. The van der Waals surface area contributed by atoms with Gasteiger partial charge in [-0.2, -0.15) is 0 Å². The molecule has 0 amide bonds. The summed E-state index contributed by atoms with van der Waals surface area (Å²) in [4.78, 5) is 15.0. The molecule has 6 nitrogen and oxygen atoms in total. The Morgan fingerprint density at radius 3 is 1.73 bits per heavy atom. The molecule has 0 aliphatic heterocycles. The summed E-state index contributed by atoms with van der Waals surface area (Å²) in [6.45, 7) is 0. The predicted molar refractivity (Wildman–Crippen MR) is 205 cm³/mol. The van der Waals surface area contributed by atoms with Gasteiger partial charge in [0.1, 0.15) is 22.3 Å². The normalized spacial score (nSPS) is 11.9. The molecule has 0 aliphatic rings. The van der Waals surface area contributed by atoms with Gasteiger partial charge in [-0.3, -0.25) is 0 Å². The average molecular weight is 655 g/mol. The van der Waals surface area contributed by atoms with Gasteiger partial charge in [-0.1, -0.05) is 91.0 Å². The lowest BCUT2D eigenvalue weighted by atomic mass is 10.1. The molecule has 6 heteroatoms. The van der Waals surface area contributed by atoms with Gasteiger partial charge in [-0.15, -0.1) is 0 Å². The van der Waals surface area contributed by atoms with E-state index in [9.17, 15) is 0 Å². The van der Waals surface area contributed by atoms with Gasteiger partial charge in [0.15, 0.2) is 17.5 Å². The third-order valence-corrected chi connectivity index (χ3v) is 9.84. The Kier molecular flexibility index (Phi) is 5.86. The molecule has 0 atom stereocenters. The number of furan rings is 2. The van der Waals surface area contributed by atoms with E-state index < -0.39 is 0 Å². The van der Waals surface area contributed by atoms with Crippen LogP contribution in [0.15, 0.2) is 167 Å². The highest BCUT2D eigenvalue weighted by Gasteiger charge is 2.19. The van der Waals surface area contributed by atoms with Crippen molar-refractivity contribution in [3.8, 4) is 39.9 Å². The lowest BCUT2D eigenvalue weighted by molar-refractivity contribution is 0.668. The van der Waals surface area contributed by atoms with Crippen molar-refractivity contribution in [1.82, 2.24) is 19.5 Å². The Labute approximate surface area is 290 Å². The summed E-state index contributed by atoms with van der Waals surface area (Å²) in [6.07, 6.45) is 0. The quantitative estimate of drug-likeness (QED) is 0.189. The zero-order valence-electron chi connectivity index (χ0n) is 27.1. The van der Waals surface area contributed by atoms with Crippen molar-refractivity contribution >= 4 is 65.7 Å². The molecular formula is C45H26N4O2. The van der Waals surface area contributed by atoms with Crippen LogP contribution in [-0.2, 0) is 0 Å². The molecule has 11 rings (SSSR count). The van der Waals surface area contributed by atoms with Crippen LogP contribution in [-0.4, -0.2) is 19.5 Å². The van der Waals surface area contributed by atoms with Crippen molar-refractivity contribution in [2.45, 2.75) is 0 Å². The zero-order valence-corrected chi connectivity index (χ0v) is 27.1. The Bertz CT molecular complexity index is 3140. The van der Waals surface area contributed by atoms with Gasteiger partial charge in [-0.25, -0.2) is 15.0 Å². The number of rotatable bonds is 4. The standard InChI is InChI=1S/C45H26N4O2/c1-3-11-27(12-4-1)43-46-44(28-20-22-40-35(23-28)32-16-8-10-18-39(32)50-40)48-45(47-43)29-19-21-33-36-25-38-34(26-42(36)51-41(33)24-29)31-15-7-9-17-37(31)49(38)30-13-5-2-6-14-30/h1-26H. The SMILES string of the molecule is c1ccc(-c2nc(-c3ccc4c(c3)oc3cc5c6ccccc6n(-c6ccccc6)c5cc34)nc(-c3ccc4oc5ccccc5c4c3)n2)cc1. The molecular weight excluding hydrogens is 629 g/mol. The molecule has 0 bridgehead atoms. The summed E-state index contributed by atoms with van der Waals surface area (Å²) in [5.74, 6) is 1.77. The van der Waals surface area contributed by atoms with Crippen LogP contribution in [0.5, 0.6) is 0 Å². The first-order chi connectivity index (χ1) is 25.2. The fraction of sp³-hybridized carbons (Fsp3) is 0.